The Kier molecular flexibility index (Phi) is 4.19. The lowest BCUT2D eigenvalue weighted by atomic mass is 10.3. The number of aromatic nitrogens is 2. The summed E-state index contributed by atoms with van der Waals surface area (Å²) in [5, 5.41) is 7.84. The van der Waals surface area contributed by atoms with Crippen molar-refractivity contribution in [2.45, 2.75) is 6.92 Å². The predicted molar refractivity (Wildman–Crippen MR) is 54.3 cm³/mol. The van der Waals surface area contributed by atoms with Gasteiger partial charge in [-0.2, -0.15) is 0 Å². The second-order valence-corrected chi connectivity index (χ2v) is 2.77. The summed E-state index contributed by atoms with van der Waals surface area (Å²) in [5.74, 6) is 0.570. The van der Waals surface area contributed by atoms with Crippen LogP contribution in [0.4, 0.5) is 0 Å². The highest BCUT2D eigenvalue weighted by atomic mass is 35.5. The summed E-state index contributed by atoms with van der Waals surface area (Å²) < 4.78 is 10.1. The lowest BCUT2D eigenvalue weighted by molar-refractivity contribution is 0.272. The van der Waals surface area contributed by atoms with Crippen LogP contribution in [0, 0.1) is 0 Å². The molecule has 76 valence electrons. The van der Waals surface area contributed by atoms with Crippen LogP contribution < -0.4 is 4.74 Å². The summed E-state index contributed by atoms with van der Waals surface area (Å²) in [7, 11) is 1.55. The van der Waals surface area contributed by atoms with Gasteiger partial charge in [-0.1, -0.05) is 11.6 Å². The minimum atomic E-state index is 0.301. The Morgan fingerprint density at radius 3 is 2.93 bits per heavy atom. The number of halogens is 1. The van der Waals surface area contributed by atoms with Gasteiger partial charge in [0.05, 0.1) is 20.0 Å². The highest BCUT2D eigenvalue weighted by Crippen LogP contribution is 2.19. The van der Waals surface area contributed by atoms with Crippen molar-refractivity contribution in [2.24, 2.45) is 0 Å². The summed E-state index contributed by atoms with van der Waals surface area (Å²) in [6, 6.07) is 1.60. The zero-order valence-electron chi connectivity index (χ0n) is 8.03. The van der Waals surface area contributed by atoms with E-state index in [0.717, 1.165) is 0 Å². The molecule has 1 rings (SSSR count). The molecule has 5 heteroatoms. The Bertz CT molecular complexity index is 329. The van der Waals surface area contributed by atoms with Gasteiger partial charge in [0, 0.05) is 12.1 Å². The molecule has 0 aliphatic rings. The van der Waals surface area contributed by atoms with E-state index in [2.05, 4.69) is 10.2 Å². The fraction of sp³-hybridized carbons (Fsp3) is 0.333. The standard InChI is InChI=1S/C9H11ClN2O2/c1-3-14-5-4-7-8(13-2)6-9(10)12-11-7/h4-6H,3H2,1-2H3. The van der Waals surface area contributed by atoms with Crippen LogP contribution in [0.1, 0.15) is 12.6 Å². The van der Waals surface area contributed by atoms with Crippen LogP contribution in [0.15, 0.2) is 12.3 Å². The van der Waals surface area contributed by atoms with Crippen LogP contribution in [0.3, 0.4) is 0 Å². The summed E-state index contributed by atoms with van der Waals surface area (Å²) in [6.45, 7) is 2.51. The first-order valence-electron chi connectivity index (χ1n) is 4.13. The number of hydrogen-bond donors (Lipinski definition) is 0. The first kappa shape index (κ1) is 10.8. The largest absolute Gasteiger partial charge is 0.501 e. The molecule has 0 amide bonds. The zero-order chi connectivity index (χ0) is 10.4. The lowest BCUT2D eigenvalue weighted by Gasteiger charge is -2.02. The van der Waals surface area contributed by atoms with Crippen LogP contribution in [-0.2, 0) is 4.74 Å². The topological polar surface area (TPSA) is 44.2 Å². The van der Waals surface area contributed by atoms with Gasteiger partial charge in [-0.05, 0) is 6.92 Å². The third-order valence-corrected chi connectivity index (χ3v) is 1.65. The van der Waals surface area contributed by atoms with Gasteiger partial charge in [0.1, 0.15) is 11.4 Å². The first-order chi connectivity index (χ1) is 6.77. The van der Waals surface area contributed by atoms with E-state index in [9.17, 15) is 0 Å². The van der Waals surface area contributed by atoms with Crippen molar-refractivity contribution in [3.8, 4) is 5.75 Å². The molecule has 0 aliphatic carbocycles. The highest BCUT2D eigenvalue weighted by Gasteiger charge is 2.02. The molecular formula is C9H11ClN2O2. The molecule has 0 N–H and O–H groups in total. The molecule has 0 radical (unpaired) electrons. The maximum atomic E-state index is 5.65. The van der Waals surface area contributed by atoms with Gasteiger partial charge < -0.3 is 9.47 Å². The zero-order valence-corrected chi connectivity index (χ0v) is 8.78. The van der Waals surface area contributed by atoms with Crippen molar-refractivity contribution in [3.63, 3.8) is 0 Å². The van der Waals surface area contributed by atoms with Crippen LogP contribution in [0.5, 0.6) is 5.75 Å². The van der Waals surface area contributed by atoms with Crippen molar-refractivity contribution in [3.05, 3.63) is 23.2 Å². The number of rotatable bonds is 4. The van der Waals surface area contributed by atoms with E-state index >= 15 is 0 Å². The van der Waals surface area contributed by atoms with Crippen molar-refractivity contribution in [1.82, 2.24) is 10.2 Å². The SMILES string of the molecule is CCOC=Cc1nnc(Cl)cc1OC. The lowest BCUT2D eigenvalue weighted by Crippen LogP contribution is -1.93. The Labute approximate surface area is 87.5 Å². The van der Waals surface area contributed by atoms with Gasteiger partial charge in [0.2, 0.25) is 0 Å². The fourth-order valence-electron chi connectivity index (χ4n) is 0.850. The molecule has 1 aromatic rings. The Morgan fingerprint density at radius 2 is 2.29 bits per heavy atom. The minimum absolute atomic E-state index is 0.301. The van der Waals surface area contributed by atoms with E-state index in [1.54, 1.807) is 25.5 Å². The number of hydrogen-bond acceptors (Lipinski definition) is 4. The summed E-state index contributed by atoms with van der Waals surface area (Å²) in [4.78, 5) is 0. The van der Waals surface area contributed by atoms with E-state index in [1.165, 1.54) is 0 Å². The molecule has 0 atom stereocenters. The monoisotopic (exact) mass is 214 g/mol. The molecule has 1 aromatic heterocycles. The van der Waals surface area contributed by atoms with E-state index < -0.39 is 0 Å². The van der Waals surface area contributed by atoms with E-state index in [1.807, 2.05) is 6.92 Å². The average Bonchev–Trinajstić information content (AvgIpc) is 2.20. The fourth-order valence-corrected chi connectivity index (χ4v) is 0.987. The van der Waals surface area contributed by atoms with E-state index in [4.69, 9.17) is 21.1 Å². The molecule has 4 nitrogen and oxygen atoms in total. The second kappa shape index (κ2) is 5.44. The van der Waals surface area contributed by atoms with Crippen LogP contribution >= 0.6 is 11.6 Å². The van der Waals surface area contributed by atoms with Gasteiger partial charge in [-0.3, -0.25) is 0 Å². The quantitative estimate of drug-likeness (QED) is 0.721. The van der Waals surface area contributed by atoms with Crippen LogP contribution in [-0.4, -0.2) is 23.9 Å². The molecule has 0 bridgehead atoms. The number of nitrogens with zero attached hydrogens (tertiary/aromatic N) is 2. The Hall–Kier alpha value is -1.29. The summed E-state index contributed by atoms with van der Waals surface area (Å²) >= 11 is 5.65. The molecule has 0 saturated carbocycles. The molecule has 0 spiro atoms. The molecule has 0 unspecified atom stereocenters. The normalized spacial score (nSPS) is 10.5. The van der Waals surface area contributed by atoms with Crippen LogP contribution in [0.2, 0.25) is 5.15 Å². The summed E-state index contributed by atoms with van der Waals surface area (Å²) in [5.41, 5.74) is 0.588. The average molecular weight is 215 g/mol. The smallest absolute Gasteiger partial charge is 0.155 e. The Morgan fingerprint density at radius 1 is 1.50 bits per heavy atom. The van der Waals surface area contributed by atoms with E-state index in [-0.39, 0.29) is 0 Å². The van der Waals surface area contributed by atoms with Crippen molar-refractivity contribution < 1.29 is 9.47 Å². The second-order valence-electron chi connectivity index (χ2n) is 2.38. The minimum Gasteiger partial charge on any atom is -0.501 e. The third-order valence-electron chi connectivity index (χ3n) is 1.46. The number of ether oxygens (including phenoxy) is 2. The maximum Gasteiger partial charge on any atom is 0.155 e. The van der Waals surface area contributed by atoms with Crippen molar-refractivity contribution in [1.29, 1.82) is 0 Å². The molecule has 0 aromatic carbocycles. The first-order valence-corrected chi connectivity index (χ1v) is 4.51. The number of methoxy groups -OCH3 is 1. The van der Waals surface area contributed by atoms with Gasteiger partial charge in [-0.25, -0.2) is 0 Å². The van der Waals surface area contributed by atoms with Gasteiger partial charge >= 0.3 is 0 Å². The molecule has 1 heterocycles. The summed E-state index contributed by atoms with van der Waals surface area (Å²) in [6.07, 6.45) is 3.21. The maximum absolute atomic E-state index is 5.65. The third kappa shape index (κ3) is 2.88. The van der Waals surface area contributed by atoms with Gasteiger partial charge in [0.15, 0.2) is 5.15 Å². The highest BCUT2D eigenvalue weighted by molar-refractivity contribution is 6.29. The molecular weight excluding hydrogens is 204 g/mol. The van der Waals surface area contributed by atoms with Crippen LogP contribution in [0.25, 0.3) is 6.08 Å². The Balaban J connectivity index is 2.85. The van der Waals surface area contributed by atoms with Gasteiger partial charge in [0.25, 0.3) is 0 Å². The molecule has 0 fully saturated rings. The van der Waals surface area contributed by atoms with E-state index in [0.29, 0.717) is 23.2 Å². The van der Waals surface area contributed by atoms with Crippen molar-refractivity contribution >= 4 is 17.7 Å². The molecule has 0 aliphatic heterocycles. The molecule has 0 saturated heterocycles. The molecule has 14 heavy (non-hydrogen) atoms. The van der Waals surface area contributed by atoms with Gasteiger partial charge in [-0.15, -0.1) is 10.2 Å². The van der Waals surface area contributed by atoms with Crippen molar-refractivity contribution in [2.75, 3.05) is 13.7 Å². The predicted octanol–water partition coefficient (Wildman–Crippen LogP) is 2.15.